The molecule has 0 unspecified atom stereocenters. The van der Waals surface area contributed by atoms with Crippen LogP contribution < -0.4 is 4.90 Å². The third-order valence-electron chi connectivity index (χ3n) is 7.72. The average molecular weight is 341 g/mol. The molecule has 1 aliphatic carbocycles. The van der Waals surface area contributed by atoms with Gasteiger partial charge in [0, 0.05) is 30.2 Å². The topological polar surface area (TPSA) is 15.7 Å². The summed E-state index contributed by atoms with van der Waals surface area (Å²) in [7, 11) is 0. The molecule has 25 heavy (non-hydrogen) atoms. The molecule has 3 heterocycles. The first kappa shape index (κ1) is 16.1. The van der Waals surface area contributed by atoms with Crippen molar-refractivity contribution in [3.63, 3.8) is 0 Å². The summed E-state index contributed by atoms with van der Waals surface area (Å²) in [5.41, 5.74) is 1.64. The van der Waals surface area contributed by atoms with Crippen LogP contribution in [0.15, 0.2) is 30.3 Å². The van der Waals surface area contributed by atoms with Gasteiger partial charge in [0.2, 0.25) is 0 Å². The van der Waals surface area contributed by atoms with E-state index in [1.54, 1.807) is 0 Å². The highest BCUT2D eigenvalue weighted by Gasteiger charge is 2.59. The number of nitrogens with zero attached hydrogens (tertiary/aromatic N) is 2. The lowest BCUT2D eigenvalue weighted by molar-refractivity contribution is -0.221. The zero-order chi connectivity index (χ0) is 17.2. The van der Waals surface area contributed by atoms with Crippen molar-refractivity contribution in [1.82, 2.24) is 4.90 Å². The van der Waals surface area contributed by atoms with Gasteiger partial charge in [0.25, 0.3) is 0 Å². The first-order chi connectivity index (χ1) is 12.1. The monoisotopic (exact) mass is 340 g/mol. The Bertz CT molecular complexity index is 630. The fraction of sp³-hybridized carbons (Fsp3) is 0.727. The largest absolute Gasteiger partial charge is 0.364 e. The van der Waals surface area contributed by atoms with Gasteiger partial charge in [0.15, 0.2) is 0 Å². The molecular weight excluding hydrogens is 308 g/mol. The van der Waals surface area contributed by atoms with Crippen LogP contribution in [0.25, 0.3) is 0 Å². The third-order valence-corrected chi connectivity index (χ3v) is 7.72. The Morgan fingerprint density at radius 1 is 1.08 bits per heavy atom. The lowest BCUT2D eigenvalue weighted by Crippen LogP contribution is -2.65. The minimum atomic E-state index is 0.264. The van der Waals surface area contributed by atoms with Crippen LogP contribution in [0.4, 0.5) is 5.69 Å². The van der Waals surface area contributed by atoms with Crippen LogP contribution in [-0.4, -0.2) is 41.9 Å². The van der Waals surface area contributed by atoms with Gasteiger partial charge in [-0.25, -0.2) is 0 Å². The second-order valence-corrected chi connectivity index (χ2v) is 9.46. The van der Waals surface area contributed by atoms with Crippen molar-refractivity contribution in [3.05, 3.63) is 30.3 Å². The number of rotatable bonds is 1. The lowest BCUT2D eigenvalue weighted by atomic mass is 9.70. The molecule has 0 radical (unpaired) electrons. The number of ether oxygens (including phenoxy) is 1. The van der Waals surface area contributed by atoms with E-state index in [1.165, 1.54) is 44.5 Å². The molecular formula is C22H32N2O. The van der Waals surface area contributed by atoms with Crippen LogP contribution in [0.1, 0.15) is 46.5 Å². The minimum Gasteiger partial charge on any atom is -0.364 e. The third kappa shape index (κ3) is 2.39. The number of para-hydroxylation sites is 1. The second-order valence-electron chi connectivity index (χ2n) is 9.46. The lowest BCUT2D eigenvalue weighted by Gasteiger charge is -2.56. The number of hydrogen-bond donors (Lipinski definition) is 0. The van der Waals surface area contributed by atoms with Crippen molar-refractivity contribution in [2.45, 2.75) is 70.4 Å². The first-order valence-corrected chi connectivity index (χ1v) is 10.3. The fourth-order valence-electron chi connectivity index (χ4n) is 6.32. The van der Waals surface area contributed by atoms with Crippen LogP contribution >= 0.6 is 0 Å². The van der Waals surface area contributed by atoms with E-state index in [9.17, 15) is 0 Å². The predicted octanol–water partition coefficient (Wildman–Crippen LogP) is 4.14. The molecule has 3 heteroatoms. The summed E-state index contributed by atoms with van der Waals surface area (Å²) in [4.78, 5) is 5.37. The smallest absolute Gasteiger partial charge is 0.132 e. The highest BCUT2D eigenvalue weighted by atomic mass is 16.5. The molecule has 0 bridgehead atoms. The van der Waals surface area contributed by atoms with Crippen LogP contribution in [-0.2, 0) is 4.74 Å². The molecule has 5 rings (SSSR count). The van der Waals surface area contributed by atoms with E-state index in [1.807, 2.05) is 0 Å². The van der Waals surface area contributed by atoms with Crippen LogP contribution in [0, 0.1) is 17.8 Å². The van der Waals surface area contributed by atoms with Gasteiger partial charge in [0.05, 0.1) is 12.1 Å². The zero-order valence-corrected chi connectivity index (χ0v) is 15.9. The van der Waals surface area contributed by atoms with Crippen LogP contribution in [0.3, 0.4) is 0 Å². The maximum absolute atomic E-state index is 6.87. The van der Waals surface area contributed by atoms with E-state index in [0.717, 1.165) is 11.8 Å². The summed E-state index contributed by atoms with van der Waals surface area (Å²) in [6.45, 7) is 9.78. The standard InChI is InChI=1S/C22H32N2O/c1-15-9-10-18-19(13-15)25-21-20-16(14-24(21)22(18,2)3)11-12-23(20)17-7-5-4-6-8-17/h4-8,15-16,18-21H,9-14H2,1-3H3/t15-,16-,18-,19-,20-,21+/m1/s1. The van der Waals surface area contributed by atoms with Crippen molar-refractivity contribution in [3.8, 4) is 0 Å². The van der Waals surface area contributed by atoms with Gasteiger partial charge >= 0.3 is 0 Å². The molecule has 1 aromatic rings. The number of anilines is 1. The highest BCUT2D eigenvalue weighted by Crippen LogP contribution is 2.51. The van der Waals surface area contributed by atoms with E-state index < -0.39 is 0 Å². The summed E-state index contributed by atoms with van der Waals surface area (Å²) < 4.78 is 6.87. The normalized spacial score (nSPS) is 42.8. The molecule has 1 saturated carbocycles. The van der Waals surface area contributed by atoms with Gasteiger partial charge in [-0.2, -0.15) is 0 Å². The fourth-order valence-corrected chi connectivity index (χ4v) is 6.32. The summed E-state index contributed by atoms with van der Waals surface area (Å²) in [5.74, 6) is 2.26. The van der Waals surface area contributed by atoms with Crippen LogP contribution in [0.5, 0.6) is 0 Å². The predicted molar refractivity (Wildman–Crippen MR) is 102 cm³/mol. The van der Waals surface area contributed by atoms with E-state index in [0.29, 0.717) is 18.1 Å². The number of benzene rings is 1. The molecule has 6 atom stereocenters. The molecule has 4 fully saturated rings. The number of hydrogen-bond acceptors (Lipinski definition) is 3. The van der Waals surface area contributed by atoms with E-state index >= 15 is 0 Å². The molecule has 1 aromatic carbocycles. The van der Waals surface area contributed by atoms with E-state index in [2.05, 4.69) is 60.9 Å². The van der Waals surface area contributed by atoms with Gasteiger partial charge in [0.1, 0.15) is 6.23 Å². The molecule has 3 nitrogen and oxygen atoms in total. The van der Waals surface area contributed by atoms with Gasteiger partial charge in [-0.3, -0.25) is 4.90 Å². The van der Waals surface area contributed by atoms with E-state index in [-0.39, 0.29) is 11.8 Å². The Morgan fingerprint density at radius 2 is 1.88 bits per heavy atom. The first-order valence-electron chi connectivity index (χ1n) is 10.3. The van der Waals surface area contributed by atoms with Crippen molar-refractivity contribution < 1.29 is 4.74 Å². The highest BCUT2D eigenvalue weighted by molar-refractivity contribution is 5.49. The maximum Gasteiger partial charge on any atom is 0.132 e. The maximum atomic E-state index is 6.87. The minimum absolute atomic E-state index is 0.264. The molecule has 0 N–H and O–H groups in total. The summed E-state index contributed by atoms with van der Waals surface area (Å²) in [5, 5.41) is 0. The second kappa shape index (κ2) is 5.72. The average Bonchev–Trinajstić information content (AvgIpc) is 3.16. The molecule has 3 aliphatic heterocycles. The van der Waals surface area contributed by atoms with Gasteiger partial charge < -0.3 is 9.64 Å². The molecule has 4 aliphatic rings. The van der Waals surface area contributed by atoms with Gasteiger partial charge in [-0.1, -0.05) is 31.5 Å². The Morgan fingerprint density at radius 3 is 2.68 bits per heavy atom. The molecule has 0 spiro atoms. The molecule has 136 valence electrons. The van der Waals surface area contributed by atoms with Gasteiger partial charge in [-0.15, -0.1) is 0 Å². The Balaban J connectivity index is 1.47. The van der Waals surface area contributed by atoms with Gasteiger partial charge in [-0.05, 0) is 57.1 Å². The molecule has 3 saturated heterocycles. The zero-order valence-electron chi connectivity index (χ0n) is 15.9. The van der Waals surface area contributed by atoms with Crippen molar-refractivity contribution in [2.75, 3.05) is 18.0 Å². The van der Waals surface area contributed by atoms with Crippen molar-refractivity contribution >= 4 is 5.69 Å². The Kier molecular flexibility index (Phi) is 3.69. The van der Waals surface area contributed by atoms with Crippen LogP contribution in [0.2, 0.25) is 0 Å². The van der Waals surface area contributed by atoms with Crippen molar-refractivity contribution in [1.29, 1.82) is 0 Å². The SMILES string of the molecule is C[C@@H]1CC[C@@H]2[C@@H](C1)O[C@H]1[C@H]3[C@H](CCN3c3ccccc3)CN1C2(C)C. The number of fused-ring (bicyclic) bond motifs is 4. The summed E-state index contributed by atoms with van der Waals surface area (Å²) in [6.07, 6.45) is 5.99. The molecule has 0 aromatic heterocycles. The summed E-state index contributed by atoms with van der Waals surface area (Å²) in [6, 6.07) is 11.5. The Hall–Kier alpha value is -1.06. The Labute approximate surface area is 152 Å². The quantitative estimate of drug-likeness (QED) is 0.764. The summed E-state index contributed by atoms with van der Waals surface area (Å²) >= 11 is 0. The van der Waals surface area contributed by atoms with Crippen molar-refractivity contribution in [2.24, 2.45) is 17.8 Å². The van der Waals surface area contributed by atoms with E-state index in [4.69, 9.17) is 4.74 Å². The molecule has 0 amide bonds.